The van der Waals surface area contributed by atoms with Crippen molar-refractivity contribution in [1.29, 1.82) is 0 Å². The SMILES string of the molecule is Cc1cc(=O)oc2cc(OCC(=O)NC(C)C3CC3)ccc12. The number of benzene rings is 1. The van der Waals surface area contributed by atoms with Crippen LogP contribution < -0.4 is 15.7 Å². The molecule has 5 nitrogen and oxygen atoms in total. The first-order valence-electron chi connectivity index (χ1n) is 7.49. The summed E-state index contributed by atoms with van der Waals surface area (Å²) >= 11 is 0. The Bertz CT molecular complexity index is 761. The molecule has 1 aromatic heterocycles. The third kappa shape index (κ3) is 3.30. The van der Waals surface area contributed by atoms with Gasteiger partial charge in [0.2, 0.25) is 0 Å². The van der Waals surface area contributed by atoms with Crippen LogP contribution in [0.25, 0.3) is 11.0 Å². The number of amides is 1. The van der Waals surface area contributed by atoms with Crippen molar-refractivity contribution >= 4 is 16.9 Å². The minimum absolute atomic E-state index is 0.0430. The molecule has 1 unspecified atom stereocenters. The number of ether oxygens (including phenoxy) is 1. The van der Waals surface area contributed by atoms with Gasteiger partial charge in [0, 0.05) is 23.6 Å². The highest BCUT2D eigenvalue weighted by Gasteiger charge is 2.28. The van der Waals surface area contributed by atoms with Crippen LogP contribution in [0.3, 0.4) is 0 Å². The second-order valence-corrected chi connectivity index (χ2v) is 5.89. The first-order chi connectivity index (χ1) is 10.5. The van der Waals surface area contributed by atoms with Gasteiger partial charge in [-0.1, -0.05) is 0 Å². The van der Waals surface area contributed by atoms with Crippen LogP contribution in [0.1, 0.15) is 25.3 Å². The Balaban J connectivity index is 1.66. The summed E-state index contributed by atoms with van der Waals surface area (Å²) in [4.78, 5) is 23.2. The van der Waals surface area contributed by atoms with Crippen LogP contribution in [0.4, 0.5) is 0 Å². The summed E-state index contributed by atoms with van der Waals surface area (Å²) in [5, 5.41) is 3.79. The summed E-state index contributed by atoms with van der Waals surface area (Å²) in [6.45, 7) is 3.83. The maximum absolute atomic E-state index is 11.8. The van der Waals surface area contributed by atoms with E-state index in [1.54, 1.807) is 12.1 Å². The lowest BCUT2D eigenvalue weighted by atomic mass is 10.1. The summed E-state index contributed by atoms with van der Waals surface area (Å²) in [5.74, 6) is 0.988. The van der Waals surface area contributed by atoms with Crippen molar-refractivity contribution in [2.24, 2.45) is 5.92 Å². The van der Waals surface area contributed by atoms with Crippen molar-refractivity contribution in [3.63, 3.8) is 0 Å². The molecule has 1 N–H and O–H groups in total. The minimum atomic E-state index is -0.391. The second kappa shape index (κ2) is 5.83. The van der Waals surface area contributed by atoms with Gasteiger partial charge in [-0.25, -0.2) is 4.79 Å². The van der Waals surface area contributed by atoms with E-state index in [-0.39, 0.29) is 18.6 Å². The van der Waals surface area contributed by atoms with Gasteiger partial charge in [0.1, 0.15) is 11.3 Å². The van der Waals surface area contributed by atoms with Crippen LogP contribution in [-0.4, -0.2) is 18.6 Å². The largest absolute Gasteiger partial charge is 0.484 e. The normalized spacial score (nSPS) is 15.5. The molecule has 3 rings (SSSR count). The van der Waals surface area contributed by atoms with E-state index in [2.05, 4.69) is 5.32 Å². The highest BCUT2D eigenvalue weighted by Crippen LogP contribution is 2.32. The molecule has 1 aromatic carbocycles. The molecule has 0 spiro atoms. The van der Waals surface area contributed by atoms with Crippen LogP contribution >= 0.6 is 0 Å². The summed E-state index contributed by atoms with van der Waals surface area (Å²) in [6.07, 6.45) is 2.37. The molecule has 1 amide bonds. The zero-order valence-electron chi connectivity index (χ0n) is 12.7. The molecule has 0 radical (unpaired) electrons. The van der Waals surface area contributed by atoms with Gasteiger partial charge in [-0.2, -0.15) is 0 Å². The third-order valence-electron chi connectivity index (χ3n) is 4.01. The van der Waals surface area contributed by atoms with Crippen LogP contribution in [0, 0.1) is 12.8 Å². The van der Waals surface area contributed by atoms with Crippen LogP contribution in [0.15, 0.2) is 33.5 Å². The van der Waals surface area contributed by atoms with Crippen molar-refractivity contribution in [3.8, 4) is 5.75 Å². The maximum atomic E-state index is 11.8. The van der Waals surface area contributed by atoms with E-state index in [1.807, 2.05) is 19.9 Å². The molecule has 1 aliphatic rings. The summed E-state index contributed by atoms with van der Waals surface area (Å²) in [6, 6.07) is 6.89. The molecule has 1 saturated carbocycles. The molecule has 1 heterocycles. The Morgan fingerprint density at radius 1 is 1.41 bits per heavy atom. The van der Waals surface area contributed by atoms with Crippen molar-refractivity contribution in [3.05, 3.63) is 40.2 Å². The summed E-state index contributed by atoms with van der Waals surface area (Å²) in [7, 11) is 0. The van der Waals surface area contributed by atoms with Gasteiger partial charge in [0.15, 0.2) is 6.61 Å². The average Bonchev–Trinajstić information content (AvgIpc) is 3.29. The number of nitrogens with one attached hydrogen (secondary N) is 1. The summed E-state index contributed by atoms with van der Waals surface area (Å²) in [5.41, 5.74) is 0.932. The molecule has 116 valence electrons. The molecule has 0 aliphatic heterocycles. The Morgan fingerprint density at radius 2 is 2.18 bits per heavy atom. The molecule has 1 fully saturated rings. The number of aryl methyl sites for hydroxylation is 1. The predicted molar refractivity (Wildman–Crippen MR) is 83.0 cm³/mol. The number of hydrogen-bond donors (Lipinski definition) is 1. The topological polar surface area (TPSA) is 68.5 Å². The van der Waals surface area contributed by atoms with Crippen LogP contribution in [0.2, 0.25) is 0 Å². The molecule has 1 atom stereocenters. The van der Waals surface area contributed by atoms with Gasteiger partial charge >= 0.3 is 5.63 Å². The number of carbonyl (C=O) groups is 1. The Labute approximate surface area is 128 Å². The Kier molecular flexibility index (Phi) is 3.88. The van der Waals surface area contributed by atoms with E-state index in [0.717, 1.165) is 10.9 Å². The first-order valence-corrected chi connectivity index (χ1v) is 7.49. The molecule has 5 heteroatoms. The molecule has 1 aliphatic carbocycles. The number of rotatable bonds is 5. The third-order valence-corrected chi connectivity index (χ3v) is 4.01. The number of hydrogen-bond acceptors (Lipinski definition) is 4. The maximum Gasteiger partial charge on any atom is 0.336 e. The lowest BCUT2D eigenvalue weighted by Gasteiger charge is -2.13. The van der Waals surface area contributed by atoms with Gasteiger partial charge in [0.05, 0.1) is 0 Å². The fourth-order valence-electron chi connectivity index (χ4n) is 2.55. The van der Waals surface area contributed by atoms with Crippen LogP contribution in [-0.2, 0) is 4.79 Å². The molecule has 0 bridgehead atoms. The van der Waals surface area contributed by atoms with Gasteiger partial charge in [-0.3, -0.25) is 4.79 Å². The first kappa shape index (κ1) is 14.6. The van der Waals surface area contributed by atoms with E-state index < -0.39 is 5.63 Å². The molecule has 0 saturated heterocycles. The number of fused-ring (bicyclic) bond motifs is 1. The average molecular weight is 301 g/mol. The molecular weight excluding hydrogens is 282 g/mol. The summed E-state index contributed by atoms with van der Waals surface area (Å²) < 4.78 is 10.6. The van der Waals surface area contributed by atoms with Crippen molar-refractivity contribution in [2.45, 2.75) is 32.7 Å². The van der Waals surface area contributed by atoms with E-state index in [1.165, 1.54) is 18.9 Å². The van der Waals surface area contributed by atoms with Crippen molar-refractivity contribution < 1.29 is 13.9 Å². The molecular formula is C17H19NO4. The molecule has 2 aromatic rings. The molecule has 22 heavy (non-hydrogen) atoms. The lowest BCUT2D eigenvalue weighted by molar-refractivity contribution is -0.123. The van der Waals surface area contributed by atoms with Crippen LogP contribution in [0.5, 0.6) is 5.75 Å². The number of carbonyl (C=O) groups excluding carboxylic acids is 1. The van der Waals surface area contributed by atoms with E-state index in [9.17, 15) is 9.59 Å². The fourth-order valence-corrected chi connectivity index (χ4v) is 2.55. The smallest absolute Gasteiger partial charge is 0.336 e. The standard InChI is InChI=1S/C17H19NO4/c1-10-7-17(20)22-15-8-13(5-6-14(10)15)21-9-16(19)18-11(2)12-3-4-12/h5-8,11-12H,3-4,9H2,1-2H3,(H,18,19). The van der Waals surface area contributed by atoms with E-state index >= 15 is 0 Å². The Morgan fingerprint density at radius 3 is 2.91 bits per heavy atom. The van der Waals surface area contributed by atoms with Gasteiger partial charge in [-0.15, -0.1) is 0 Å². The van der Waals surface area contributed by atoms with E-state index in [4.69, 9.17) is 9.15 Å². The highest BCUT2D eigenvalue weighted by atomic mass is 16.5. The fraction of sp³-hybridized carbons (Fsp3) is 0.412. The van der Waals surface area contributed by atoms with Gasteiger partial charge in [0.25, 0.3) is 5.91 Å². The highest BCUT2D eigenvalue weighted by molar-refractivity contribution is 5.81. The zero-order chi connectivity index (χ0) is 15.7. The lowest BCUT2D eigenvalue weighted by Crippen LogP contribution is -2.37. The van der Waals surface area contributed by atoms with Crippen molar-refractivity contribution in [2.75, 3.05) is 6.61 Å². The monoisotopic (exact) mass is 301 g/mol. The van der Waals surface area contributed by atoms with E-state index in [0.29, 0.717) is 17.3 Å². The van der Waals surface area contributed by atoms with Gasteiger partial charge in [-0.05, 0) is 50.3 Å². The van der Waals surface area contributed by atoms with Gasteiger partial charge < -0.3 is 14.5 Å². The minimum Gasteiger partial charge on any atom is -0.484 e. The zero-order valence-corrected chi connectivity index (χ0v) is 12.7. The predicted octanol–water partition coefficient (Wildman–Crippen LogP) is 2.39. The Hall–Kier alpha value is -2.30. The quantitative estimate of drug-likeness (QED) is 0.861. The van der Waals surface area contributed by atoms with Crippen molar-refractivity contribution in [1.82, 2.24) is 5.32 Å². The second-order valence-electron chi connectivity index (χ2n) is 5.89.